The van der Waals surface area contributed by atoms with Crippen molar-refractivity contribution < 1.29 is 77.3 Å². The SMILES string of the molecule is [CH-]=O.[CH-]=O.[CH-]=O.[CH-]=O.[CH-]=O.[CH-]=O.[CH-]=O.[CH-]=O.[CH-]=O.[CH-]=O.[CH-]=O.[CH-]=O.[Os]. The monoisotopic (exact) mass is 540 g/mol. The molecule has 0 aromatic heterocycles. The van der Waals surface area contributed by atoms with Crippen molar-refractivity contribution in [3.8, 4) is 0 Å². The van der Waals surface area contributed by atoms with Gasteiger partial charge in [-0.05, 0) is 0 Å². The zero-order valence-corrected chi connectivity index (χ0v) is 14.7. The first-order chi connectivity index (χ1) is 12.0. The van der Waals surface area contributed by atoms with E-state index < -0.39 is 0 Å². The van der Waals surface area contributed by atoms with Crippen LogP contribution in [0.5, 0.6) is 0 Å². The van der Waals surface area contributed by atoms with Gasteiger partial charge in [0.2, 0.25) is 0 Å². The summed E-state index contributed by atoms with van der Waals surface area (Å²) in [5.74, 6) is 0. The molecule has 0 rings (SSSR count). The van der Waals surface area contributed by atoms with Gasteiger partial charge in [-0.25, -0.2) is 0 Å². The second kappa shape index (κ2) is 725. The molecule has 13 heteroatoms. The Morgan fingerprint density at radius 1 is 0.160 bits per heavy atom. The average molecular weight is 538 g/mol. The molecule has 0 saturated carbocycles. The molecule has 0 aromatic carbocycles. The van der Waals surface area contributed by atoms with Crippen LogP contribution in [0.15, 0.2) is 0 Å². The Hall–Kier alpha value is -3.32. The van der Waals surface area contributed by atoms with E-state index in [9.17, 15) is 0 Å². The molecule has 0 amide bonds. The molecule has 0 bridgehead atoms. The van der Waals surface area contributed by atoms with Gasteiger partial charge in [-0.1, -0.05) is 0 Å². The third kappa shape index (κ3) is 653. The maximum absolute atomic E-state index is 7.75. The Balaban J connectivity index is -0.00000000569. The Kier molecular flexibility index (Phi) is 3570. The fraction of sp³-hybridized carbons (Fsp3) is 0. The molecule has 0 aliphatic rings. The second-order valence-corrected chi connectivity index (χ2v) is 0. The molecule has 0 fully saturated rings. The van der Waals surface area contributed by atoms with Gasteiger partial charge < -0.3 is 57.5 Å². The molecule has 25 heavy (non-hydrogen) atoms. The molecule has 0 aliphatic carbocycles. The van der Waals surface area contributed by atoms with Crippen LogP contribution in [0, 0.1) is 0 Å². The molecule has 0 radical (unpaired) electrons. The number of carbonyl (C=O) groups excluding carboxylic acids is 12. The van der Waals surface area contributed by atoms with Crippen LogP contribution in [0.2, 0.25) is 0 Å². The molecule has 0 N–H and O–H groups in total. The fourth-order valence-corrected chi connectivity index (χ4v) is 0. The Morgan fingerprint density at radius 2 is 0.160 bits per heavy atom. The van der Waals surface area contributed by atoms with Crippen molar-refractivity contribution in [1.29, 1.82) is 0 Å². The zero-order valence-electron chi connectivity index (χ0n) is 12.2. The van der Waals surface area contributed by atoms with Gasteiger partial charge in [0.1, 0.15) is 0 Å². The second-order valence-electron chi connectivity index (χ2n) is 0. The van der Waals surface area contributed by atoms with Crippen LogP contribution in [0.1, 0.15) is 0 Å². The molecule has 0 heterocycles. The minimum Gasteiger partial charge on any atom is -0.545 e. The maximum atomic E-state index is 7.75. The summed E-state index contributed by atoms with van der Waals surface area (Å²) >= 11 is 0. The molecule has 0 aliphatic heterocycles. The molecule has 0 aromatic rings. The van der Waals surface area contributed by atoms with Crippen molar-refractivity contribution in [1.82, 2.24) is 0 Å². The fourth-order valence-electron chi connectivity index (χ4n) is 0. The average Bonchev–Trinajstić information content (AvgIpc) is 2.84. The summed E-state index contributed by atoms with van der Waals surface area (Å²) in [5.41, 5.74) is 0. The third-order valence-electron chi connectivity index (χ3n) is 0. The smallest absolute Gasteiger partial charge is 0 e. The summed E-state index contributed by atoms with van der Waals surface area (Å²) in [7, 11) is 0. The predicted octanol–water partition coefficient (Wildman–Crippen LogP) is -3.29. The summed E-state index contributed by atoms with van der Waals surface area (Å²) < 4.78 is 0. The normalized spacial score (nSPS) is 1.92. The third-order valence-corrected chi connectivity index (χ3v) is 0. The van der Waals surface area contributed by atoms with Crippen LogP contribution < -0.4 is 0 Å². The van der Waals surface area contributed by atoms with E-state index in [0.717, 1.165) is 0 Å². The summed E-state index contributed by atoms with van der Waals surface area (Å²) in [6, 6.07) is 0. The summed E-state index contributed by atoms with van der Waals surface area (Å²) in [6.45, 7) is 39.0. The first kappa shape index (κ1) is 123. The van der Waals surface area contributed by atoms with E-state index in [-0.39, 0.29) is 19.8 Å². The maximum Gasteiger partial charge on any atom is 0 e. The predicted molar refractivity (Wildman–Crippen MR) is 81.0 cm³/mol. The Morgan fingerprint density at radius 3 is 0.160 bits per heavy atom. The molecule has 0 spiro atoms. The van der Waals surface area contributed by atoms with Crippen LogP contribution in [0.3, 0.4) is 0 Å². The molecule has 0 atom stereocenters. The van der Waals surface area contributed by atoms with Gasteiger partial charge in [0, 0.05) is 19.8 Å². The molecular formula is C12H12O12Os-12. The Labute approximate surface area is 159 Å². The van der Waals surface area contributed by atoms with Gasteiger partial charge in [0.05, 0.1) is 0 Å². The Bertz CT molecular complexity index is 73.1. The topological polar surface area (TPSA) is 205 Å². The number of hydrogen-bond donors (Lipinski definition) is 0. The quantitative estimate of drug-likeness (QED) is 0.220. The van der Waals surface area contributed by atoms with Crippen molar-refractivity contribution in [3.05, 3.63) is 0 Å². The standard InChI is InChI=1S/12CHO.Os/c12*1-2;/h12*1H;/q12*-1;. The van der Waals surface area contributed by atoms with E-state index in [1.165, 1.54) is 0 Å². The number of rotatable bonds is 0. The van der Waals surface area contributed by atoms with E-state index in [1.54, 1.807) is 0 Å². The summed E-state index contributed by atoms with van der Waals surface area (Å²) in [5, 5.41) is 0. The molecule has 152 valence electrons. The minimum atomic E-state index is 0. The van der Waals surface area contributed by atoms with Gasteiger partial charge in [-0.3, -0.25) is 81.5 Å². The first-order valence-electron chi connectivity index (χ1n) is 2.83. The van der Waals surface area contributed by atoms with Gasteiger partial charge >= 0.3 is 0 Å². The molecule has 0 saturated heterocycles. The van der Waals surface area contributed by atoms with Crippen molar-refractivity contribution in [2.24, 2.45) is 0 Å². The zero-order chi connectivity index (χ0) is 24.0. The summed E-state index contributed by atoms with van der Waals surface area (Å²) in [6.07, 6.45) is 0. The van der Waals surface area contributed by atoms with Crippen LogP contribution in [0.25, 0.3) is 0 Å². The van der Waals surface area contributed by atoms with E-state index in [4.69, 9.17) is 57.5 Å². The van der Waals surface area contributed by atoms with E-state index in [1.807, 2.05) is 0 Å². The largest absolute Gasteiger partial charge is 0.545 e. The van der Waals surface area contributed by atoms with Crippen LogP contribution >= 0.6 is 0 Å². The minimum absolute atomic E-state index is 0. The van der Waals surface area contributed by atoms with E-state index >= 15 is 0 Å². The molecule has 0 unspecified atom stereocenters. The van der Waals surface area contributed by atoms with E-state index in [2.05, 4.69) is 81.5 Å². The van der Waals surface area contributed by atoms with Crippen molar-refractivity contribution >= 4 is 81.5 Å². The van der Waals surface area contributed by atoms with Crippen molar-refractivity contribution in [3.63, 3.8) is 0 Å². The summed E-state index contributed by atoms with van der Waals surface area (Å²) in [4.78, 5) is 93.0. The first-order valence-corrected chi connectivity index (χ1v) is 2.83. The van der Waals surface area contributed by atoms with E-state index in [0.29, 0.717) is 0 Å². The van der Waals surface area contributed by atoms with Gasteiger partial charge in [0.15, 0.2) is 0 Å². The van der Waals surface area contributed by atoms with Gasteiger partial charge in [-0.2, -0.15) is 0 Å². The van der Waals surface area contributed by atoms with Crippen LogP contribution in [0.4, 0.5) is 0 Å². The van der Waals surface area contributed by atoms with Crippen molar-refractivity contribution in [2.75, 3.05) is 0 Å². The van der Waals surface area contributed by atoms with Crippen LogP contribution in [-0.2, 0) is 77.3 Å². The molecular weight excluding hydrogens is 526 g/mol. The van der Waals surface area contributed by atoms with Crippen molar-refractivity contribution in [2.45, 2.75) is 0 Å². The van der Waals surface area contributed by atoms with Crippen LogP contribution in [-0.4, -0.2) is 81.5 Å². The number of hydrogen-bond acceptors (Lipinski definition) is 12. The van der Waals surface area contributed by atoms with Gasteiger partial charge in [0.25, 0.3) is 0 Å². The molecule has 12 nitrogen and oxygen atoms in total. The van der Waals surface area contributed by atoms with Gasteiger partial charge in [-0.15, -0.1) is 0 Å².